The van der Waals surface area contributed by atoms with Gasteiger partial charge in [0.05, 0.1) is 0 Å². The summed E-state index contributed by atoms with van der Waals surface area (Å²) >= 11 is 3.18. The Bertz CT molecular complexity index is 514. The summed E-state index contributed by atoms with van der Waals surface area (Å²) in [6, 6.07) is 11.0. The van der Waals surface area contributed by atoms with Crippen LogP contribution in [0, 0.1) is 0 Å². The molecule has 16 heavy (non-hydrogen) atoms. The van der Waals surface area contributed by atoms with Gasteiger partial charge in [-0.2, -0.15) is 0 Å². The maximum atomic E-state index is 12.0. The van der Waals surface area contributed by atoms with Crippen LogP contribution in [0.4, 0.5) is 0 Å². The largest absolute Gasteiger partial charge is 0.446 e. The lowest BCUT2D eigenvalue weighted by molar-refractivity contribution is 0.101. The van der Waals surface area contributed by atoms with Gasteiger partial charge in [0.15, 0.2) is 10.4 Å². The van der Waals surface area contributed by atoms with Gasteiger partial charge in [-0.25, -0.2) is 0 Å². The van der Waals surface area contributed by atoms with Crippen LogP contribution in [0.15, 0.2) is 45.5 Å². The molecule has 0 radical (unpaired) electrons. The molecule has 0 unspecified atom stereocenters. The van der Waals surface area contributed by atoms with Gasteiger partial charge in [-0.05, 0) is 46.1 Å². The minimum absolute atomic E-state index is 0.0824. The van der Waals surface area contributed by atoms with Crippen molar-refractivity contribution >= 4 is 21.7 Å². The molecule has 0 aliphatic heterocycles. The molecule has 0 N–H and O–H groups in total. The lowest BCUT2D eigenvalue weighted by Crippen LogP contribution is -2.00. The van der Waals surface area contributed by atoms with E-state index in [4.69, 9.17) is 4.42 Å². The Morgan fingerprint density at radius 2 is 2.12 bits per heavy atom. The standard InChI is InChI=1S/C13H11BrO2/c1-2-9-4-3-5-10(8-9)13(15)11-6-7-12(14)16-11/h3-8H,2H2,1H3. The zero-order chi connectivity index (χ0) is 11.5. The maximum Gasteiger partial charge on any atom is 0.228 e. The molecule has 0 spiro atoms. The van der Waals surface area contributed by atoms with Crippen molar-refractivity contribution in [2.75, 3.05) is 0 Å². The zero-order valence-electron chi connectivity index (χ0n) is 8.87. The molecule has 82 valence electrons. The van der Waals surface area contributed by atoms with Gasteiger partial charge in [0, 0.05) is 5.56 Å². The first-order valence-corrected chi connectivity index (χ1v) is 5.89. The highest BCUT2D eigenvalue weighted by molar-refractivity contribution is 9.10. The van der Waals surface area contributed by atoms with E-state index in [9.17, 15) is 4.79 Å². The predicted molar refractivity (Wildman–Crippen MR) is 65.7 cm³/mol. The first-order chi connectivity index (χ1) is 7.70. The van der Waals surface area contributed by atoms with Crippen molar-refractivity contribution in [3.05, 3.63) is 58.0 Å². The lowest BCUT2D eigenvalue weighted by atomic mass is 10.0. The van der Waals surface area contributed by atoms with Crippen molar-refractivity contribution in [2.24, 2.45) is 0 Å². The molecule has 0 saturated heterocycles. The Balaban J connectivity index is 2.33. The van der Waals surface area contributed by atoms with Crippen LogP contribution in [0.3, 0.4) is 0 Å². The molecule has 1 aromatic heterocycles. The molecule has 2 aromatic rings. The molecule has 0 fully saturated rings. The summed E-state index contributed by atoms with van der Waals surface area (Å²) in [6.45, 7) is 2.06. The van der Waals surface area contributed by atoms with E-state index in [1.54, 1.807) is 18.2 Å². The highest BCUT2D eigenvalue weighted by Gasteiger charge is 2.13. The predicted octanol–water partition coefficient (Wildman–Crippen LogP) is 3.84. The minimum Gasteiger partial charge on any atom is -0.446 e. The average Bonchev–Trinajstić information content (AvgIpc) is 2.75. The van der Waals surface area contributed by atoms with Crippen LogP contribution in [0.1, 0.15) is 28.6 Å². The Kier molecular flexibility index (Phi) is 3.25. The summed E-state index contributed by atoms with van der Waals surface area (Å²) < 4.78 is 5.81. The third-order valence-corrected chi connectivity index (χ3v) is 2.82. The Hall–Kier alpha value is -1.35. The molecular formula is C13H11BrO2. The Morgan fingerprint density at radius 3 is 2.75 bits per heavy atom. The van der Waals surface area contributed by atoms with Crippen molar-refractivity contribution in [3.63, 3.8) is 0 Å². The fourth-order valence-corrected chi connectivity index (χ4v) is 1.82. The van der Waals surface area contributed by atoms with Crippen molar-refractivity contribution in [1.29, 1.82) is 0 Å². The molecule has 0 atom stereocenters. The van der Waals surface area contributed by atoms with E-state index in [0.29, 0.717) is 16.0 Å². The third-order valence-electron chi connectivity index (χ3n) is 2.39. The van der Waals surface area contributed by atoms with Crippen molar-refractivity contribution < 1.29 is 9.21 Å². The normalized spacial score (nSPS) is 10.4. The minimum atomic E-state index is -0.0824. The lowest BCUT2D eigenvalue weighted by Gasteiger charge is -2.00. The van der Waals surface area contributed by atoms with Crippen LogP contribution >= 0.6 is 15.9 Å². The third kappa shape index (κ3) is 2.25. The van der Waals surface area contributed by atoms with E-state index in [-0.39, 0.29) is 5.78 Å². The van der Waals surface area contributed by atoms with Gasteiger partial charge in [0.2, 0.25) is 5.78 Å². The van der Waals surface area contributed by atoms with E-state index >= 15 is 0 Å². The van der Waals surface area contributed by atoms with Crippen LogP contribution in [0.5, 0.6) is 0 Å². The van der Waals surface area contributed by atoms with E-state index in [1.807, 2.05) is 18.2 Å². The van der Waals surface area contributed by atoms with Crippen LogP contribution in [-0.2, 0) is 6.42 Å². The number of hydrogen-bond acceptors (Lipinski definition) is 2. The molecule has 0 saturated carbocycles. The number of hydrogen-bond donors (Lipinski definition) is 0. The second-order valence-electron chi connectivity index (χ2n) is 3.49. The quantitative estimate of drug-likeness (QED) is 0.799. The summed E-state index contributed by atoms with van der Waals surface area (Å²) in [4.78, 5) is 12.0. The Morgan fingerprint density at radius 1 is 1.31 bits per heavy atom. The topological polar surface area (TPSA) is 30.2 Å². The number of rotatable bonds is 3. The van der Waals surface area contributed by atoms with E-state index in [1.165, 1.54) is 0 Å². The molecule has 1 aromatic carbocycles. The first kappa shape index (κ1) is 11.1. The van der Waals surface area contributed by atoms with Gasteiger partial charge in [-0.3, -0.25) is 4.79 Å². The summed E-state index contributed by atoms with van der Waals surface area (Å²) in [5, 5.41) is 0. The molecule has 2 nitrogen and oxygen atoms in total. The summed E-state index contributed by atoms with van der Waals surface area (Å²) in [5.74, 6) is 0.279. The SMILES string of the molecule is CCc1cccc(C(=O)c2ccc(Br)o2)c1. The highest BCUT2D eigenvalue weighted by atomic mass is 79.9. The maximum absolute atomic E-state index is 12.0. The van der Waals surface area contributed by atoms with Gasteiger partial charge in [0.1, 0.15) is 0 Å². The fraction of sp³-hybridized carbons (Fsp3) is 0.154. The van der Waals surface area contributed by atoms with Crippen LogP contribution < -0.4 is 0 Å². The van der Waals surface area contributed by atoms with Crippen molar-refractivity contribution in [1.82, 2.24) is 0 Å². The van der Waals surface area contributed by atoms with Crippen LogP contribution in [0.2, 0.25) is 0 Å². The molecule has 3 heteroatoms. The number of carbonyl (C=O) groups excluding carboxylic acids is 1. The summed E-state index contributed by atoms with van der Waals surface area (Å²) in [7, 11) is 0. The second kappa shape index (κ2) is 4.66. The van der Waals surface area contributed by atoms with Crippen LogP contribution in [-0.4, -0.2) is 5.78 Å². The Labute approximate surface area is 102 Å². The molecule has 0 aliphatic rings. The first-order valence-electron chi connectivity index (χ1n) is 5.09. The highest BCUT2D eigenvalue weighted by Crippen LogP contribution is 2.18. The average molecular weight is 279 g/mol. The molecular weight excluding hydrogens is 268 g/mol. The number of ketones is 1. The van der Waals surface area contributed by atoms with Crippen molar-refractivity contribution in [2.45, 2.75) is 13.3 Å². The number of halogens is 1. The monoisotopic (exact) mass is 278 g/mol. The van der Waals surface area contributed by atoms with Gasteiger partial charge >= 0.3 is 0 Å². The number of carbonyl (C=O) groups is 1. The summed E-state index contributed by atoms with van der Waals surface area (Å²) in [6.07, 6.45) is 0.920. The van der Waals surface area contributed by atoms with Gasteiger partial charge < -0.3 is 4.42 Å². The second-order valence-corrected chi connectivity index (χ2v) is 4.27. The smallest absolute Gasteiger partial charge is 0.228 e. The van der Waals surface area contributed by atoms with Crippen LogP contribution in [0.25, 0.3) is 0 Å². The number of furan rings is 1. The van der Waals surface area contributed by atoms with Gasteiger partial charge in [-0.1, -0.05) is 25.1 Å². The molecule has 2 rings (SSSR count). The zero-order valence-corrected chi connectivity index (χ0v) is 10.5. The van der Waals surface area contributed by atoms with E-state index in [0.717, 1.165) is 12.0 Å². The molecule has 1 heterocycles. The molecule has 0 aliphatic carbocycles. The van der Waals surface area contributed by atoms with Crippen molar-refractivity contribution in [3.8, 4) is 0 Å². The molecule has 0 amide bonds. The summed E-state index contributed by atoms with van der Waals surface area (Å²) in [5.41, 5.74) is 1.82. The fourth-order valence-electron chi connectivity index (χ4n) is 1.51. The van der Waals surface area contributed by atoms with Gasteiger partial charge in [0.25, 0.3) is 0 Å². The van der Waals surface area contributed by atoms with E-state index in [2.05, 4.69) is 22.9 Å². The van der Waals surface area contributed by atoms with E-state index < -0.39 is 0 Å². The van der Waals surface area contributed by atoms with Gasteiger partial charge in [-0.15, -0.1) is 0 Å². The molecule has 0 bridgehead atoms. The number of benzene rings is 1. The number of aryl methyl sites for hydroxylation is 1.